The van der Waals surface area contributed by atoms with Gasteiger partial charge in [0.2, 0.25) is 0 Å². The second-order valence-electron chi connectivity index (χ2n) is 6.12. The molecule has 5 nitrogen and oxygen atoms in total. The minimum atomic E-state index is -0.283. The summed E-state index contributed by atoms with van der Waals surface area (Å²) < 4.78 is 5.49. The Morgan fingerprint density at radius 2 is 2.20 bits per heavy atom. The Labute approximate surface area is 119 Å². The zero-order valence-electron chi connectivity index (χ0n) is 12.0. The van der Waals surface area contributed by atoms with E-state index in [1.165, 1.54) is 32.1 Å². The van der Waals surface area contributed by atoms with Crippen molar-refractivity contribution in [3.05, 3.63) is 18.2 Å². The molecule has 1 aliphatic carbocycles. The molecule has 1 aromatic heterocycles. The summed E-state index contributed by atoms with van der Waals surface area (Å²) in [4.78, 5) is 19.0. The van der Waals surface area contributed by atoms with Gasteiger partial charge in [-0.25, -0.2) is 9.78 Å². The minimum absolute atomic E-state index is 0.0949. The molecule has 5 heteroatoms. The topological polar surface area (TPSA) is 67.0 Å². The molecule has 2 fully saturated rings. The molecule has 0 aromatic carbocycles. The number of imidazole rings is 1. The van der Waals surface area contributed by atoms with Crippen LogP contribution in [0.2, 0.25) is 0 Å². The first-order valence-corrected chi connectivity index (χ1v) is 7.70. The number of rotatable bonds is 4. The number of carbonyl (C=O) groups excluding carboxylic acids is 1. The van der Waals surface area contributed by atoms with E-state index in [1.807, 2.05) is 6.20 Å². The van der Waals surface area contributed by atoms with Gasteiger partial charge in [0.05, 0.1) is 12.0 Å². The van der Waals surface area contributed by atoms with E-state index in [-0.39, 0.29) is 24.2 Å². The molecule has 1 saturated heterocycles. The van der Waals surface area contributed by atoms with Gasteiger partial charge in [0, 0.05) is 12.4 Å². The van der Waals surface area contributed by atoms with Crippen molar-refractivity contribution in [1.82, 2.24) is 15.3 Å². The van der Waals surface area contributed by atoms with Crippen LogP contribution in [0.3, 0.4) is 0 Å². The van der Waals surface area contributed by atoms with E-state index in [2.05, 4.69) is 22.2 Å². The normalized spacial score (nSPS) is 28.9. The largest absolute Gasteiger partial charge is 0.443 e. The van der Waals surface area contributed by atoms with Crippen molar-refractivity contribution in [3.63, 3.8) is 0 Å². The third-order valence-corrected chi connectivity index (χ3v) is 4.70. The number of hydrogen-bond acceptors (Lipinski definition) is 3. The van der Waals surface area contributed by atoms with Crippen molar-refractivity contribution >= 4 is 6.09 Å². The van der Waals surface area contributed by atoms with E-state index in [1.54, 1.807) is 6.20 Å². The highest BCUT2D eigenvalue weighted by Gasteiger charge is 2.40. The van der Waals surface area contributed by atoms with Crippen LogP contribution in [-0.2, 0) is 4.74 Å². The third kappa shape index (κ3) is 2.81. The number of amides is 1. The molecule has 2 N–H and O–H groups in total. The second-order valence-corrected chi connectivity index (χ2v) is 6.12. The van der Waals surface area contributed by atoms with Gasteiger partial charge in [0.15, 0.2) is 0 Å². The molecule has 0 unspecified atom stereocenters. The first kappa shape index (κ1) is 13.5. The summed E-state index contributed by atoms with van der Waals surface area (Å²) in [5.41, 5.74) is 0. The van der Waals surface area contributed by atoms with Crippen LogP contribution in [0.4, 0.5) is 4.79 Å². The van der Waals surface area contributed by atoms with Crippen LogP contribution in [0, 0.1) is 5.92 Å². The molecule has 1 aromatic rings. The molecule has 2 aliphatic rings. The molecule has 20 heavy (non-hydrogen) atoms. The molecule has 3 atom stereocenters. The Hall–Kier alpha value is -1.52. The molecule has 1 saturated carbocycles. The number of H-pyrrole nitrogens is 1. The van der Waals surface area contributed by atoms with Gasteiger partial charge in [-0.2, -0.15) is 0 Å². The predicted octanol–water partition coefficient (Wildman–Crippen LogP) is 2.96. The minimum Gasteiger partial charge on any atom is -0.443 e. The number of nitrogens with zero attached hydrogens (tertiary/aromatic N) is 1. The Morgan fingerprint density at radius 1 is 1.40 bits per heavy atom. The maximum absolute atomic E-state index is 11.6. The van der Waals surface area contributed by atoms with Crippen molar-refractivity contribution in [3.8, 4) is 0 Å². The van der Waals surface area contributed by atoms with E-state index in [0.29, 0.717) is 0 Å². The zero-order chi connectivity index (χ0) is 13.9. The quantitative estimate of drug-likeness (QED) is 0.889. The van der Waals surface area contributed by atoms with Crippen LogP contribution in [0.15, 0.2) is 12.4 Å². The summed E-state index contributed by atoms with van der Waals surface area (Å²) in [5.74, 6) is 1.71. The highest BCUT2D eigenvalue weighted by molar-refractivity contribution is 5.70. The maximum atomic E-state index is 11.6. The van der Waals surface area contributed by atoms with E-state index in [4.69, 9.17) is 4.74 Å². The fourth-order valence-corrected chi connectivity index (χ4v) is 3.58. The maximum Gasteiger partial charge on any atom is 0.407 e. The molecule has 1 aliphatic heterocycles. The summed E-state index contributed by atoms with van der Waals surface area (Å²) in [5, 5.41) is 2.99. The molecule has 0 spiro atoms. The monoisotopic (exact) mass is 277 g/mol. The fourth-order valence-electron chi connectivity index (χ4n) is 3.58. The molecular formula is C15H23N3O2. The van der Waals surface area contributed by atoms with E-state index in [9.17, 15) is 4.79 Å². The van der Waals surface area contributed by atoms with Crippen molar-refractivity contribution in [2.45, 2.75) is 63.5 Å². The van der Waals surface area contributed by atoms with Gasteiger partial charge in [-0.1, -0.05) is 39.0 Å². The predicted molar refractivity (Wildman–Crippen MR) is 75.4 cm³/mol. The van der Waals surface area contributed by atoms with Crippen molar-refractivity contribution in [1.29, 1.82) is 0 Å². The van der Waals surface area contributed by atoms with Crippen LogP contribution in [-0.4, -0.2) is 28.2 Å². The summed E-state index contributed by atoms with van der Waals surface area (Å²) in [6.07, 6.45) is 10.8. The van der Waals surface area contributed by atoms with Gasteiger partial charge in [0.25, 0.3) is 0 Å². The molecule has 110 valence electrons. The smallest absolute Gasteiger partial charge is 0.407 e. The number of hydrogen-bond donors (Lipinski definition) is 2. The van der Waals surface area contributed by atoms with E-state index in [0.717, 1.165) is 18.2 Å². The highest BCUT2D eigenvalue weighted by Crippen LogP contribution is 2.33. The van der Waals surface area contributed by atoms with Gasteiger partial charge in [-0.05, 0) is 12.3 Å². The number of nitrogens with one attached hydrogen (secondary N) is 2. The standard InChI is InChI=1S/C15H23N3O2/c1-10(14-16-7-8-17-14)13-12(18-15(19)20-13)9-11-5-3-2-4-6-11/h7-8,10-13H,2-6,9H2,1H3,(H,16,17)(H,18,19)/t10-,12+,13-/m1/s1. The number of aromatic amines is 1. The van der Waals surface area contributed by atoms with Crippen molar-refractivity contribution in [2.24, 2.45) is 5.92 Å². The Kier molecular flexibility index (Phi) is 3.94. The first-order chi connectivity index (χ1) is 9.74. The van der Waals surface area contributed by atoms with Gasteiger partial charge >= 0.3 is 6.09 Å². The van der Waals surface area contributed by atoms with E-state index >= 15 is 0 Å². The first-order valence-electron chi connectivity index (χ1n) is 7.70. The Bertz CT molecular complexity index is 440. The average Bonchev–Trinajstić information content (AvgIpc) is 3.09. The van der Waals surface area contributed by atoms with Gasteiger partial charge in [0.1, 0.15) is 11.9 Å². The fraction of sp³-hybridized carbons (Fsp3) is 0.733. The highest BCUT2D eigenvalue weighted by atomic mass is 16.6. The van der Waals surface area contributed by atoms with Crippen LogP contribution >= 0.6 is 0 Å². The van der Waals surface area contributed by atoms with Crippen molar-refractivity contribution in [2.75, 3.05) is 0 Å². The molecular weight excluding hydrogens is 254 g/mol. The molecule has 0 bridgehead atoms. The SMILES string of the molecule is C[C@@H](c1ncc[nH]1)[C@H]1OC(=O)N[C@H]1CC1CCCCC1. The summed E-state index contributed by atoms with van der Waals surface area (Å²) in [7, 11) is 0. The lowest BCUT2D eigenvalue weighted by atomic mass is 9.82. The second kappa shape index (κ2) is 5.85. The number of cyclic esters (lactones) is 1. The lowest BCUT2D eigenvalue weighted by Gasteiger charge is -2.27. The van der Waals surface area contributed by atoms with Crippen LogP contribution in [0.25, 0.3) is 0 Å². The Morgan fingerprint density at radius 3 is 2.90 bits per heavy atom. The zero-order valence-corrected chi connectivity index (χ0v) is 12.0. The van der Waals surface area contributed by atoms with Crippen LogP contribution in [0.5, 0.6) is 0 Å². The van der Waals surface area contributed by atoms with Gasteiger partial charge in [-0.3, -0.25) is 0 Å². The van der Waals surface area contributed by atoms with Crippen LogP contribution < -0.4 is 5.32 Å². The molecule has 0 radical (unpaired) electrons. The third-order valence-electron chi connectivity index (χ3n) is 4.70. The summed E-state index contributed by atoms with van der Waals surface area (Å²) in [6, 6.07) is 0.116. The number of ether oxygens (including phenoxy) is 1. The lowest BCUT2D eigenvalue weighted by Crippen LogP contribution is -2.37. The van der Waals surface area contributed by atoms with Crippen LogP contribution in [0.1, 0.15) is 57.2 Å². The summed E-state index contributed by atoms with van der Waals surface area (Å²) in [6.45, 7) is 2.07. The van der Waals surface area contributed by atoms with Gasteiger partial charge < -0.3 is 15.0 Å². The molecule has 2 heterocycles. The van der Waals surface area contributed by atoms with Gasteiger partial charge in [-0.15, -0.1) is 0 Å². The number of alkyl carbamates (subject to hydrolysis) is 1. The lowest BCUT2D eigenvalue weighted by molar-refractivity contribution is 0.109. The van der Waals surface area contributed by atoms with Crippen molar-refractivity contribution < 1.29 is 9.53 Å². The summed E-state index contributed by atoms with van der Waals surface area (Å²) >= 11 is 0. The number of aromatic nitrogens is 2. The average molecular weight is 277 g/mol. The Balaban J connectivity index is 1.66. The van der Waals surface area contributed by atoms with E-state index < -0.39 is 0 Å². The molecule has 1 amide bonds. The molecule has 3 rings (SSSR count). The number of carbonyl (C=O) groups is 1.